The molecule has 1 aromatic rings. The smallest absolute Gasteiger partial charge is 0.143 e. The zero-order valence-corrected chi connectivity index (χ0v) is 13.9. The monoisotopic (exact) mass is 362 g/mol. The maximum Gasteiger partial charge on any atom is 0.143 e. The number of hydrogen-bond donors (Lipinski definition) is 1. The molecule has 118 valence electrons. The Balaban J connectivity index is 2.18. The molecule has 1 fully saturated rings. The van der Waals surface area contributed by atoms with E-state index < -0.39 is 11.6 Å². The minimum absolute atomic E-state index is 0.0681. The topological polar surface area (TPSA) is 24.5 Å². The molecule has 0 spiro atoms. The van der Waals surface area contributed by atoms with Gasteiger partial charge < -0.3 is 15.0 Å². The predicted octanol–water partition coefficient (Wildman–Crippen LogP) is 2.58. The second-order valence-corrected chi connectivity index (χ2v) is 6.22. The highest BCUT2D eigenvalue weighted by Gasteiger charge is 2.28. The number of likely N-dealkylation sites (N-methyl/N-ethyl adjacent to an activating group) is 2. The van der Waals surface area contributed by atoms with Gasteiger partial charge in [0.15, 0.2) is 0 Å². The molecule has 1 aliphatic heterocycles. The summed E-state index contributed by atoms with van der Waals surface area (Å²) in [4.78, 5) is 2.17. The van der Waals surface area contributed by atoms with E-state index in [1.807, 2.05) is 14.0 Å². The van der Waals surface area contributed by atoms with Crippen molar-refractivity contribution >= 4 is 15.9 Å². The van der Waals surface area contributed by atoms with Crippen LogP contribution >= 0.6 is 15.9 Å². The van der Waals surface area contributed by atoms with Gasteiger partial charge in [-0.25, -0.2) is 8.78 Å². The number of rotatable bonds is 5. The molecule has 0 aliphatic carbocycles. The van der Waals surface area contributed by atoms with Crippen molar-refractivity contribution in [2.24, 2.45) is 0 Å². The highest BCUT2D eigenvalue weighted by atomic mass is 79.9. The first-order chi connectivity index (χ1) is 10.0. The lowest BCUT2D eigenvalue weighted by Gasteiger charge is -2.35. The van der Waals surface area contributed by atoms with E-state index in [9.17, 15) is 8.78 Å². The number of hydrogen-bond acceptors (Lipinski definition) is 3. The molecule has 0 radical (unpaired) electrons. The van der Waals surface area contributed by atoms with Crippen molar-refractivity contribution in [1.29, 1.82) is 0 Å². The fourth-order valence-corrected chi connectivity index (χ4v) is 3.00. The van der Waals surface area contributed by atoms with Crippen molar-refractivity contribution in [1.82, 2.24) is 10.2 Å². The summed E-state index contributed by atoms with van der Waals surface area (Å²) in [5, 5.41) is 3.29. The zero-order valence-electron chi connectivity index (χ0n) is 12.3. The molecule has 21 heavy (non-hydrogen) atoms. The lowest BCUT2D eigenvalue weighted by Crippen LogP contribution is -2.52. The van der Waals surface area contributed by atoms with Gasteiger partial charge in [0.05, 0.1) is 17.2 Å². The van der Waals surface area contributed by atoms with E-state index in [0.717, 1.165) is 19.6 Å². The summed E-state index contributed by atoms with van der Waals surface area (Å²) in [6, 6.07) is 2.57. The van der Waals surface area contributed by atoms with Gasteiger partial charge in [-0.2, -0.15) is 0 Å². The van der Waals surface area contributed by atoms with E-state index in [0.29, 0.717) is 6.61 Å². The lowest BCUT2D eigenvalue weighted by atomic mass is 9.99. The second-order valence-electron chi connectivity index (χ2n) is 5.36. The molecule has 1 heterocycles. The molecule has 1 aliphatic rings. The molecule has 0 amide bonds. The van der Waals surface area contributed by atoms with Crippen LogP contribution in [0.3, 0.4) is 0 Å². The third-order valence-corrected chi connectivity index (χ3v) is 4.39. The van der Waals surface area contributed by atoms with Crippen LogP contribution in [0.4, 0.5) is 8.78 Å². The quantitative estimate of drug-likeness (QED) is 0.814. The van der Waals surface area contributed by atoms with Crippen LogP contribution in [0.25, 0.3) is 0 Å². The van der Waals surface area contributed by atoms with Crippen molar-refractivity contribution in [2.75, 3.05) is 33.3 Å². The van der Waals surface area contributed by atoms with Gasteiger partial charge in [0.1, 0.15) is 11.6 Å². The molecule has 0 saturated carbocycles. The molecule has 2 atom stereocenters. The highest BCUT2D eigenvalue weighted by molar-refractivity contribution is 9.10. The van der Waals surface area contributed by atoms with Gasteiger partial charge in [0, 0.05) is 24.7 Å². The fourth-order valence-electron chi connectivity index (χ4n) is 2.63. The number of nitrogens with zero attached hydrogens (tertiary/aromatic N) is 1. The molecule has 1 N–H and O–H groups in total. The molecule has 0 bridgehead atoms. The molecular formula is C15H21BrF2N2O. The average molecular weight is 363 g/mol. The summed E-state index contributed by atoms with van der Waals surface area (Å²) in [6.07, 6.45) is 0.199. The van der Waals surface area contributed by atoms with Crippen LogP contribution in [0, 0.1) is 11.6 Å². The number of nitrogens with one attached hydrogen (secondary N) is 1. The van der Waals surface area contributed by atoms with Crippen LogP contribution in [0.5, 0.6) is 0 Å². The summed E-state index contributed by atoms with van der Waals surface area (Å²) < 4.78 is 34.1. The Hall–Kier alpha value is -0.560. The summed E-state index contributed by atoms with van der Waals surface area (Å²) in [7, 11) is 2.03. The van der Waals surface area contributed by atoms with Crippen molar-refractivity contribution < 1.29 is 13.5 Å². The molecule has 0 aromatic heterocycles. The number of morpholine rings is 1. The third kappa shape index (κ3) is 4.22. The zero-order chi connectivity index (χ0) is 15.4. The number of halogens is 3. The van der Waals surface area contributed by atoms with Crippen LogP contribution in [0.2, 0.25) is 0 Å². The Kier molecular flexibility index (Phi) is 6.10. The number of benzene rings is 1. The van der Waals surface area contributed by atoms with E-state index in [4.69, 9.17) is 4.74 Å². The van der Waals surface area contributed by atoms with Gasteiger partial charge in [-0.05, 0) is 48.1 Å². The maximum atomic E-state index is 14.1. The molecule has 1 aromatic carbocycles. The predicted molar refractivity (Wildman–Crippen MR) is 82.5 cm³/mol. The Bertz CT molecular complexity index is 487. The van der Waals surface area contributed by atoms with Crippen molar-refractivity contribution in [3.63, 3.8) is 0 Å². The average Bonchev–Trinajstić information content (AvgIpc) is 2.46. The molecule has 2 rings (SSSR count). The van der Waals surface area contributed by atoms with Crippen molar-refractivity contribution in [3.8, 4) is 0 Å². The Labute approximate surface area is 132 Å². The Morgan fingerprint density at radius 1 is 1.48 bits per heavy atom. The second kappa shape index (κ2) is 7.63. The highest BCUT2D eigenvalue weighted by Crippen LogP contribution is 2.24. The standard InChI is InChI=1S/C15H21BrF2N2O/c1-3-19-13(14-9-20(2)6-7-21-14)8-10-12(17)5-4-11(16)15(10)18/h4-5,13-14,19H,3,6-9H2,1-2H3. The van der Waals surface area contributed by atoms with Crippen molar-refractivity contribution in [3.05, 3.63) is 33.8 Å². The number of ether oxygens (including phenoxy) is 1. The largest absolute Gasteiger partial charge is 0.374 e. The fraction of sp³-hybridized carbons (Fsp3) is 0.600. The van der Waals surface area contributed by atoms with Gasteiger partial charge in [0.2, 0.25) is 0 Å². The first-order valence-electron chi connectivity index (χ1n) is 7.18. The summed E-state index contributed by atoms with van der Waals surface area (Å²) in [6.45, 7) is 5.00. The van der Waals surface area contributed by atoms with E-state index in [1.54, 1.807) is 0 Å². The van der Waals surface area contributed by atoms with E-state index in [-0.39, 0.29) is 28.6 Å². The summed E-state index contributed by atoms with van der Waals surface area (Å²) in [5.74, 6) is -1.04. The van der Waals surface area contributed by atoms with Crippen LogP contribution in [-0.2, 0) is 11.2 Å². The lowest BCUT2D eigenvalue weighted by molar-refractivity contribution is -0.0383. The van der Waals surface area contributed by atoms with Crippen LogP contribution in [0.1, 0.15) is 12.5 Å². The first-order valence-corrected chi connectivity index (χ1v) is 7.98. The van der Waals surface area contributed by atoms with Gasteiger partial charge in [0.25, 0.3) is 0 Å². The van der Waals surface area contributed by atoms with Gasteiger partial charge in [-0.15, -0.1) is 0 Å². The summed E-state index contributed by atoms with van der Waals surface area (Å²) >= 11 is 3.11. The SMILES string of the molecule is CCNC(Cc1c(F)ccc(Br)c1F)C1CN(C)CCO1. The van der Waals surface area contributed by atoms with Gasteiger partial charge >= 0.3 is 0 Å². The minimum atomic E-state index is -0.526. The van der Waals surface area contributed by atoms with Crippen LogP contribution in [0.15, 0.2) is 16.6 Å². The molecular weight excluding hydrogens is 342 g/mol. The maximum absolute atomic E-state index is 14.1. The van der Waals surface area contributed by atoms with Gasteiger partial charge in [-0.3, -0.25) is 0 Å². The summed E-state index contributed by atoms with van der Waals surface area (Å²) in [5.41, 5.74) is 0.104. The van der Waals surface area contributed by atoms with E-state index in [1.165, 1.54) is 12.1 Å². The van der Waals surface area contributed by atoms with Crippen LogP contribution in [-0.4, -0.2) is 50.3 Å². The Morgan fingerprint density at radius 2 is 2.24 bits per heavy atom. The van der Waals surface area contributed by atoms with Gasteiger partial charge in [-0.1, -0.05) is 6.92 Å². The van der Waals surface area contributed by atoms with Crippen LogP contribution < -0.4 is 5.32 Å². The molecule has 6 heteroatoms. The minimum Gasteiger partial charge on any atom is -0.374 e. The van der Waals surface area contributed by atoms with E-state index in [2.05, 4.69) is 26.1 Å². The van der Waals surface area contributed by atoms with E-state index >= 15 is 0 Å². The molecule has 1 saturated heterocycles. The molecule has 3 nitrogen and oxygen atoms in total. The first kappa shape index (κ1) is 16.8. The normalized spacial score (nSPS) is 21.5. The Morgan fingerprint density at radius 3 is 2.90 bits per heavy atom. The van der Waals surface area contributed by atoms with Crippen molar-refractivity contribution in [2.45, 2.75) is 25.5 Å². The molecule has 2 unspecified atom stereocenters. The third-order valence-electron chi connectivity index (χ3n) is 3.77.